The van der Waals surface area contributed by atoms with Gasteiger partial charge in [0.1, 0.15) is 12.3 Å². The molecule has 1 fully saturated rings. The average Bonchev–Trinajstić information content (AvgIpc) is 3.26. The molecule has 2 aliphatic rings. The maximum atomic E-state index is 12.9. The second-order valence-corrected chi connectivity index (χ2v) is 9.61. The number of esters is 1. The highest BCUT2D eigenvalue weighted by Gasteiger charge is 2.35. The molecule has 0 spiro atoms. The fourth-order valence-corrected chi connectivity index (χ4v) is 5.22. The molecular weight excluding hydrogens is 419 g/mol. The number of carbonyl (C=O) groups is 1. The first-order valence-electron chi connectivity index (χ1n) is 11.0. The van der Waals surface area contributed by atoms with E-state index in [9.17, 15) is 4.79 Å². The van der Waals surface area contributed by atoms with Gasteiger partial charge in [-0.1, -0.05) is 38.8 Å². The molecule has 0 radical (unpaired) electrons. The van der Waals surface area contributed by atoms with E-state index < -0.39 is 0 Å². The number of ether oxygens (including phenoxy) is 1. The lowest BCUT2D eigenvalue weighted by Crippen LogP contribution is -3.00. The van der Waals surface area contributed by atoms with E-state index in [2.05, 4.69) is 36.1 Å². The highest BCUT2D eigenvalue weighted by atomic mass is 35.5. The van der Waals surface area contributed by atoms with Gasteiger partial charge in [0.15, 0.2) is 12.2 Å². The van der Waals surface area contributed by atoms with Gasteiger partial charge in [0.25, 0.3) is 5.82 Å². The minimum atomic E-state index is -0.109. The summed E-state index contributed by atoms with van der Waals surface area (Å²) in [6, 6.07) is 7.92. The summed E-state index contributed by atoms with van der Waals surface area (Å²) in [6.07, 6.45) is 7.65. The van der Waals surface area contributed by atoms with Gasteiger partial charge in [0.05, 0.1) is 13.0 Å². The van der Waals surface area contributed by atoms with Crippen molar-refractivity contribution in [1.29, 1.82) is 0 Å². The van der Waals surface area contributed by atoms with Crippen molar-refractivity contribution in [3.63, 3.8) is 0 Å². The van der Waals surface area contributed by atoms with Gasteiger partial charge in [-0.2, -0.15) is 0 Å². The average molecular weight is 451 g/mol. The molecule has 2 aromatic rings. The third kappa shape index (κ3) is 4.86. The summed E-state index contributed by atoms with van der Waals surface area (Å²) < 4.78 is 10.5. The molecule has 3 unspecified atom stereocenters. The van der Waals surface area contributed by atoms with Crippen molar-refractivity contribution in [3.05, 3.63) is 41.3 Å². The number of benzene rings is 1. The van der Waals surface area contributed by atoms with Gasteiger partial charge in [0.2, 0.25) is 0 Å². The number of nitrogens with zero attached hydrogens (tertiary/aromatic N) is 2. The van der Waals surface area contributed by atoms with Gasteiger partial charge in [-0.05, 0) is 61.3 Å². The molecule has 0 amide bonds. The van der Waals surface area contributed by atoms with Crippen molar-refractivity contribution in [1.82, 2.24) is 4.57 Å². The van der Waals surface area contributed by atoms with E-state index in [1.54, 1.807) is 0 Å². The van der Waals surface area contributed by atoms with Gasteiger partial charge < -0.3 is 17.1 Å². The molecule has 1 aliphatic heterocycles. The maximum absolute atomic E-state index is 12.9. The van der Waals surface area contributed by atoms with Crippen molar-refractivity contribution >= 4 is 17.6 Å². The van der Waals surface area contributed by atoms with E-state index in [0.29, 0.717) is 24.3 Å². The Bertz CT molecular complexity index is 876. The zero-order chi connectivity index (χ0) is 20.5. The van der Waals surface area contributed by atoms with Crippen LogP contribution in [-0.4, -0.2) is 16.6 Å². The van der Waals surface area contributed by atoms with Crippen molar-refractivity contribution < 1.29 is 26.5 Å². The molecule has 1 aromatic carbocycles. The Balaban J connectivity index is 0.00000256. The van der Waals surface area contributed by atoms with Gasteiger partial charge in [-0.25, -0.2) is 13.9 Å². The SMILES string of the molecule is CC1CCC(C(C)C)C(OC(=O)C[n+]2cc(-c3ccc(Cl)cc3)n3c2CCC3)C1.[Cl-]. The first-order valence-corrected chi connectivity index (χ1v) is 11.4. The Labute approximate surface area is 191 Å². The van der Waals surface area contributed by atoms with Gasteiger partial charge in [-0.3, -0.25) is 0 Å². The first kappa shape index (κ1) is 23.1. The fraction of sp³-hybridized carbons (Fsp3) is 0.583. The Morgan fingerprint density at radius 3 is 2.70 bits per heavy atom. The molecule has 164 valence electrons. The van der Waals surface area contributed by atoms with Crippen LogP contribution < -0.4 is 17.0 Å². The van der Waals surface area contributed by atoms with Gasteiger partial charge in [-0.15, -0.1) is 0 Å². The van der Waals surface area contributed by atoms with Crippen LogP contribution in [0.25, 0.3) is 11.3 Å². The van der Waals surface area contributed by atoms with Crippen LogP contribution in [0.2, 0.25) is 5.02 Å². The number of imidazole rings is 1. The molecule has 3 atom stereocenters. The summed E-state index contributed by atoms with van der Waals surface area (Å²) in [5, 5.41) is 0.736. The third-order valence-corrected chi connectivity index (χ3v) is 6.93. The summed E-state index contributed by atoms with van der Waals surface area (Å²) in [7, 11) is 0. The fourth-order valence-electron chi connectivity index (χ4n) is 5.09. The Hall–Kier alpha value is -1.52. The standard InChI is InChI=1S/C24H32ClN2O2.ClH/c1-16(2)20-11-6-17(3)13-22(20)29-24(28)15-26-14-21(27-12-4-5-23(26)27)18-7-9-19(25)10-8-18;/h7-10,14,16-17,20,22H,4-6,11-13,15H2,1-3H3;1H/q+1;/p-1. The number of carbonyl (C=O) groups excluding carboxylic acids is 1. The van der Waals surface area contributed by atoms with Crippen molar-refractivity contribution in [2.45, 2.75) is 72.1 Å². The monoisotopic (exact) mass is 450 g/mol. The Morgan fingerprint density at radius 1 is 1.27 bits per heavy atom. The van der Waals surface area contributed by atoms with E-state index >= 15 is 0 Å². The molecule has 0 bridgehead atoms. The van der Waals surface area contributed by atoms with E-state index in [0.717, 1.165) is 48.5 Å². The summed E-state index contributed by atoms with van der Waals surface area (Å²) in [4.78, 5) is 12.9. The molecule has 1 saturated carbocycles. The van der Waals surface area contributed by atoms with Crippen LogP contribution in [0.4, 0.5) is 0 Å². The van der Waals surface area contributed by atoms with Crippen LogP contribution in [-0.2, 0) is 29.0 Å². The van der Waals surface area contributed by atoms with Crippen molar-refractivity contribution in [3.8, 4) is 11.3 Å². The van der Waals surface area contributed by atoms with Crippen molar-refractivity contribution in [2.75, 3.05) is 0 Å². The highest BCUT2D eigenvalue weighted by Crippen LogP contribution is 2.35. The van der Waals surface area contributed by atoms with Gasteiger partial charge in [0, 0.05) is 10.6 Å². The Morgan fingerprint density at radius 2 is 2.00 bits per heavy atom. The quantitative estimate of drug-likeness (QED) is 0.516. The molecule has 6 heteroatoms. The van der Waals surface area contributed by atoms with Crippen LogP contribution >= 0.6 is 11.6 Å². The second-order valence-electron chi connectivity index (χ2n) is 9.17. The molecule has 2 heterocycles. The molecule has 4 rings (SSSR count). The lowest BCUT2D eigenvalue weighted by molar-refractivity contribution is -0.692. The lowest BCUT2D eigenvalue weighted by atomic mass is 9.75. The highest BCUT2D eigenvalue weighted by molar-refractivity contribution is 6.30. The number of fused-ring (bicyclic) bond motifs is 1. The molecular formula is C24H32Cl2N2O2. The molecule has 0 saturated heterocycles. The number of rotatable bonds is 5. The molecule has 4 nitrogen and oxygen atoms in total. The molecule has 0 N–H and O–H groups in total. The van der Waals surface area contributed by atoms with Crippen LogP contribution in [0.1, 0.15) is 52.3 Å². The normalized spacial score (nSPS) is 23.2. The number of hydrogen-bond acceptors (Lipinski definition) is 2. The number of hydrogen-bond donors (Lipinski definition) is 0. The van der Waals surface area contributed by atoms with Crippen LogP contribution in [0.5, 0.6) is 0 Å². The minimum absolute atomic E-state index is 0. The zero-order valence-electron chi connectivity index (χ0n) is 18.1. The van der Waals surface area contributed by atoms with Crippen LogP contribution in [0.3, 0.4) is 0 Å². The van der Waals surface area contributed by atoms with Gasteiger partial charge >= 0.3 is 5.97 Å². The number of halogens is 2. The summed E-state index contributed by atoms with van der Waals surface area (Å²) in [6.45, 7) is 8.04. The van der Waals surface area contributed by atoms with E-state index in [4.69, 9.17) is 16.3 Å². The second kappa shape index (κ2) is 9.74. The van der Waals surface area contributed by atoms with E-state index in [-0.39, 0.29) is 24.5 Å². The Kier molecular flexibility index (Phi) is 7.52. The zero-order valence-corrected chi connectivity index (χ0v) is 19.6. The summed E-state index contributed by atoms with van der Waals surface area (Å²) >= 11 is 6.05. The minimum Gasteiger partial charge on any atom is -1.00 e. The summed E-state index contributed by atoms with van der Waals surface area (Å²) in [5.41, 5.74) is 2.28. The lowest BCUT2D eigenvalue weighted by Gasteiger charge is -2.36. The smallest absolute Gasteiger partial charge is 0.348 e. The van der Waals surface area contributed by atoms with Crippen molar-refractivity contribution in [2.24, 2.45) is 17.8 Å². The van der Waals surface area contributed by atoms with E-state index in [1.807, 2.05) is 24.3 Å². The molecule has 30 heavy (non-hydrogen) atoms. The largest absolute Gasteiger partial charge is 1.00 e. The van der Waals surface area contributed by atoms with Crippen LogP contribution in [0, 0.1) is 17.8 Å². The third-order valence-electron chi connectivity index (χ3n) is 6.68. The topological polar surface area (TPSA) is 35.1 Å². The number of aromatic nitrogens is 2. The van der Waals surface area contributed by atoms with E-state index in [1.165, 1.54) is 12.2 Å². The summed E-state index contributed by atoms with van der Waals surface area (Å²) in [5.74, 6) is 2.76. The predicted octanol–water partition coefficient (Wildman–Crippen LogP) is 2.05. The molecule has 1 aliphatic carbocycles. The molecule has 1 aromatic heterocycles. The first-order chi connectivity index (χ1) is 13.9. The predicted molar refractivity (Wildman–Crippen MR) is 115 cm³/mol. The maximum Gasteiger partial charge on any atom is 0.348 e. The van der Waals surface area contributed by atoms with Crippen LogP contribution in [0.15, 0.2) is 30.5 Å².